The highest BCUT2D eigenvalue weighted by Crippen LogP contribution is 2.12. The Hall–Kier alpha value is -2.76. The lowest BCUT2D eigenvalue weighted by atomic mass is 10.3. The topological polar surface area (TPSA) is 73.8 Å². The molecule has 0 aromatic carbocycles. The second-order valence-corrected chi connectivity index (χ2v) is 3.93. The van der Waals surface area contributed by atoms with Crippen LogP contribution in [0.2, 0.25) is 0 Å². The summed E-state index contributed by atoms with van der Waals surface area (Å²) >= 11 is 0. The Morgan fingerprint density at radius 3 is 2.58 bits per heavy atom. The van der Waals surface area contributed by atoms with Crippen LogP contribution in [0.3, 0.4) is 0 Å². The fraction of sp³-hybridized carbons (Fsp3) is 0.0769. The van der Waals surface area contributed by atoms with Crippen LogP contribution >= 0.6 is 0 Å². The van der Waals surface area contributed by atoms with Crippen LogP contribution in [0, 0.1) is 0 Å². The molecule has 0 fully saturated rings. The highest BCUT2D eigenvalue weighted by atomic mass is 16.4. The number of hydrogen-bond acceptors (Lipinski definition) is 5. The Kier molecular flexibility index (Phi) is 2.89. The van der Waals surface area contributed by atoms with Crippen molar-refractivity contribution in [2.24, 2.45) is 0 Å². The maximum atomic E-state index is 11.7. The molecule has 6 heteroatoms. The summed E-state index contributed by atoms with van der Waals surface area (Å²) in [6.45, 7) is 0.330. The third kappa shape index (κ3) is 2.42. The van der Waals surface area contributed by atoms with E-state index in [0.717, 1.165) is 5.56 Å². The minimum atomic E-state index is -0.497. The predicted molar refractivity (Wildman–Crippen MR) is 67.3 cm³/mol. The normalized spacial score (nSPS) is 10.5. The van der Waals surface area contributed by atoms with E-state index in [-0.39, 0.29) is 5.89 Å². The predicted octanol–water partition coefficient (Wildman–Crippen LogP) is 1.34. The highest BCUT2D eigenvalue weighted by molar-refractivity contribution is 5.49. The molecule has 0 aliphatic carbocycles. The van der Waals surface area contributed by atoms with E-state index in [9.17, 15) is 4.79 Å². The van der Waals surface area contributed by atoms with Gasteiger partial charge in [0.2, 0.25) is 0 Å². The number of rotatable bonds is 3. The zero-order chi connectivity index (χ0) is 13.1. The third-order valence-electron chi connectivity index (χ3n) is 2.57. The molecular weight excluding hydrogens is 244 g/mol. The summed E-state index contributed by atoms with van der Waals surface area (Å²) in [5.41, 5.74) is 1.56. The van der Waals surface area contributed by atoms with Crippen LogP contribution in [0.15, 0.2) is 58.3 Å². The van der Waals surface area contributed by atoms with Gasteiger partial charge in [0.25, 0.3) is 5.89 Å². The Morgan fingerprint density at radius 2 is 1.89 bits per heavy atom. The monoisotopic (exact) mass is 254 g/mol. The quantitative estimate of drug-likeness (QED) is 0.705. The minimum Gasteiger partial charge on any atom is -0.388 e. The fourth-order valence-corrected chi connectivity index (χ4v) is 1.68. The molecule has 0 amide bonds. The van der Waals surface area contributed by atoms with E-state index in [4.69, 9.17) is 4.42 Å². The van der Waals surface area contributed by atoms with Gasteiger partial charge in [0.05, 0.1) is 12.1 Å². The summed E-state index contributed by atoms with van der Waals surface area (Å²) in [5.74, 6) is -0.232. The first-order chi connectivity index (χ1) is 9.33. The zero-order valence-electron chi connectivity index (χ0n) is 9.93. The Morgan fingerprint density at radius 1 is 1.11 bits per heavy atom. The van der Waals surface area contributed by atoms with E-state index < -0.39 is 5.76 Å². The molecule has 0 aliphatic rings. The molecule has 0 N–H and O–H groups in total. The van der Waals surface area contributed by atoms with Gasteiger partial charge in [0.1, 0.15) is 0 Å². The van der Waals surface area contributed by atoms with Gasteiger partial charge in [-0.15, -0.1) is 5.10 Å². The van der Waals surface area contributed by atoms with Gasteiger partial charge in [-0.1, -0.05) is 6.07 Å². The largest absolute Gasteiger partial charge is 0.437 e. The van der Waals surface area contributed by atoms with E-state index in [1.807, 2.05) is 12.1 Å². The third-order valence-corrected chi connectivity index (χ3v) is 2.57. The summed E-state index contributed by atoms with van der Waals surface area (Å²) in [6, 6.07) is 7.22. The van der Waals surface area contributed by atoms with Gasteiger partial charge in [0.15, 0.2) is 0 Å². The molecule has 3 rings (SSSR count). The second kappa shape index (κ2) is 4.85. The number of nitrogens with zero attached hydrogens (tertiary/aromatic N) is 4. The summed E-state index contributed by atoms with van der Waals surface area (Å²) in [7, 11) is 0. The first kappa shape index (κ1) is 11.3. The van der Waals surface area contributed by atoms with Gasteiger partial charge in [-0.3, -0.25) is 9.97 Å². The average Bonchev–Trinajstić information content (AvgIpc) is 2.82. The van der Waals surface area contributed by atoms with Crippen LogP contribution in [0.5, 0.6) is 0 Å². The lowest BCUT2D eigenvalue weighted by molar-refractivity contribution is 0.495. The first-order valence-electron chi connectivity index (χ1n) is 5.70. The van der Waals surface area contributed by atoms with Crippen molar-refractivity contribution in [3.05, 3.63) is 65.2 Å². The van der Waals surface area contributed by atoms with Crippen LogP contribution in [0.25, 0.3) is 11.5 Å². The van der Waals surface area contributed by atoms with E-state index in [1.165, 1.54) is 4.68 Å². The lowest BCUT2D eigenvalue weighted by Crippen LogP contribution is -2.16. The first-order valence-corrected chi connectivity index (χ1v) is 5.70. The molecule has 94 valence electrons. The van der Waals surface area contributed by atoms with Gasteiger partial charge in [-0.05, 0) is 23.8 Å². The molecule has 0 spiro atoms. The number of hydrogen-bond donors (Lipinski definition) is 0. The van der Waals surface area contributed by atoms with Crippen LogP contribution in [-0.2, 0) is 6.54 Å². The van der Waals surface area contributed by atoms with Crippen LogP contribution in [0.4, 0.5) is 0 Å². The van der Waals surface area contributed by atoms with Gasteiger partial charge in [0, 0.05) is 24.8 Å². The van der Waals surface area contributed by atoms with Crippen LogP contribution in [0.1, 0.15) is 5.56 Å². The van der Waals surface area contributed by atoms with E-state index in [1.54, 1.807) is 36.9 Å². The van der Waals surface area contributed by atoms with E-state index in [0.29, 0.717) is 12.1 Å². The molecule has 0 atom stereocenters. The van der Waals surface area contributed by atoms with Crippen molar-refractivity contribution in [2.45, 2.75) is 6.54 Å². The van der Waals surface area contributed by atoms with Crippen LogP contribution in [-0.4, -0.2) is 19.7 Å². The van der Waals surface area contributed by atoms with Gasteiger partial charge >= 0.3 is 5.76 Å². The average molecular weight is 254 g/mol. The fourth-order valence-electron chi connectivity index (χ4n) is 1.68. The Bertz CT molecular complexity index is 719. The molecule has 0 saturated heterocycles. The Labute approximate surface area is 108 Å². The molecule has 19 heavy (non-hydrogen) atoms. The Balaban J connectivity index is 1.93. The zero-order valence-corrected chi connectivity index (χ0v) is 9.93. The molecule has 3 heterocycles. The summed E-state index contributed by atoms with van der Waals surface area (Å²) < 4.78 is 6.37. The SMILES string of the molecule is O=c1oc(-c2cccnc2)nn1Cc1cccnc1. The molecule has 3 aromatic rings. The maximum Gasteiger partial charge on any atom is 0.437 e. The molecule has 0 unspecified atom stereocenters. The van der Waals surface area contributed by atoms with Gasteiger partial charge in [-0.2, -0.15) is 4.68 Å². The van der Waals surface area contributed by atoms with Crippen LogP contribution < -0.4 is 5.76 Å². The molecule has 0 saturated carbocycles. The lowest BCUT2D eigenvalue weighted by Gasteiger charge is -1.97. The standard InChI is InChI=1S/C13H10N4O2/c18-13-17(9-10-3-1-5-14-7-10)16-12(19-13)11-4-2-6-15-8-11/h1-8H,9H2. The molecule has 3 aromatic heterocycles. The molecule has 6 nitrogen and oxygen atoms in total. The van der Waals surface area contributed by atoms with E-state index in [2.05, 4.69) is 15.1 Å². The van der Waals surface area contributed by atoms with Crippen molar-refractivity contribution in [3.8, 4) is 11.5 Å². The summed E-state index contributed by atoms with van der Waals surface area (Å²) in [6.07, 6.45) is 6.61. The number of pyridine rings is 2. The van der Waals surface area contributed by atoms with Crippen molar-refractivity contribution in [1.29, 1.82) is 0 Å². The molecular formula is C13H10N4O2. The highest BCUT2D eigenvalue weighted by Gasteiger charge is 2.10. The smallest absolute Gasteiger partial charge is 0.388 e. The number of aromatic nitrogens is 4. The van der Waals surface area contributed by atoms with Crippen molar-refractivity contribution < 1.29 is 4.42 Å². The summed E-state index contributed by atoms with van der Waals surface area (Å²) in [4.78, 5) is 19.7. The van der Waals surface area contributed by atoms with Crippen molar-refractivity contribution >= 4 is 0 Å². The summed E-state index contributed by atoms with van der Waals surface area (Å²) in [5, 5.41) is 4.15. The van der Waals surface area contributed by atoms with Crippen molar-refractivity contribution in [3.63, 3.8) is 0 Å². The van der Waals surface area contributed by atoms with Crippen molar-refractivity contribution in [2.75, 3.05) is 0 Å². The molecule has 0 aliphatic heterocycles. The maximum absolute atomic E-state index is 11.7. The molecule has 0 radical (unpaired) electrons. The second-order valence-electron chi connectivity index (χ2n) is 3.93. The van der Waals surface area contributed by atoms with Crippen molar-refractivity contribution in [1.82, 2.24) is 19.7 Å². The van der Waals surface area contributed by atoms with Gasteiger partial charge in [-0.25, -0.2) is 4.79 Å². The molecule has 0 bridgehead atoms. The van der Waals surface area contributed by atoms with Gasteiger partial charge < -0.3 is 4.42 Å². The minimum absolute atomic E-state index is 0.266. The van der Waals surface area contributed by atoms with E-state index >= 15 is 0 Å².